The molecule has 0 radical (unpaired) electrons. The van der Waals surface area contributed by atoms with Crippen LogP contribution in [0.5, 0.6) is 5.75 Å². The molecule has 1 aromatic rings. The van der Waals surface area contributed by atoms with Gasteiger partial charge in [0.1, 0.15) is 12.4 Å². The molecule has 1 heterocycles. The molecule has 138 valence electrons. The highest BCUT2D eigenvalue weighted by Gasteiger charge is 2.22. The van der Waals surface area contributed by atoms with E-state index in [0.29, 0.717) is 38.5 Å². The number of ether oxygens (including phenoxy) is 2. The quantitative estimate of drug-likeness (QED) is 0.786. The van der Waals surface area contributed by atoms with E-state index in [0.717, 1.165) is 12.0 Å². The molecule has 0 bridgehead atoms. The Balaban J connectivity index is 1.81. The van der Waals surface area contributed by atoms with Crippen molar-refractivity contribution >= 4 is 11.8 Å². The third kappa shape index (κ3) is 5.74. The number of carbonyl (C=O) groups excluding carboxylic acids is 2. The van der Waals surface area contributed by atoms with Crippen molar-refractivity contribution in [2.45, 2.75) is 27.2 Å². The summed E-state index contributed by atoms with van der Waals surface area (Å²) in [5.41, 5.74) is 2.34. The first-order valence-electron chi connectivity index (χ1n) is 8.84. The Morgan fingerprint density at radius 2 is 1.60 bits per heavy atom. The fourth-order valence-corrected chi connectivity index (χ4v) is 2.74. The van der Waals surface area contributed by atoms with Gasteiger partial charge in [0.05, 0.1) is 0 Å². The summed E-state index contributed by atoms with van der Waals surface area (Å²) in [5, 5.41) is 0. The van der Waals surface area contributed by atoms with Crippen molar-refractivity contribution in [2.75, 3.05) is 46.0 Å². The molecule has 1 aliphatic heterocycles. The predicted molar refractivity (Wildman–Crippen MR) is 95.7 cm³/mol. The minimum absolute atomic E-state index is 0.0115. The van der Waals surface area contributed by atoms with Crippen LogP contribution in [-0.4, -0.2) is 67.6 Å². The number of amides is 2. The molecule has 0 aromatic heterocycles. The van der Waals surface area contributed by atoms with Gasteiger partial charge in [-0.05, 0) is 50.5 Å². The summed E-state index contributed by atoms with van der Waals surface area (Å²) in [4.78, 5) is 28.0. The Kier molecular flexibility index (Phi) is 7.25. The van der Waals surface area contributed by atoms with Crippen LogP contribution < -0.4 is 4.74 Å². The number of hydrogen-bond donors (Lipinski definition) is 0. The smallest absolute Gasteiger partial charge is 0.260 e. The van der Waals surface area contributed by atoms with Gasteiger partial charge in [0.25, 0.3) is 5.91 Å². The molecule has 1 fully saturated rings. The topological polar surface area (TPSA) is 59.1 Å². The molecular formula is C19H28N2O4. The highest BCUT2D eigenvalue weighted by Crippen LogP contribution is 2.16. The van der Waals surface area contributed by atoms with Gasteiger partial charge in [-0.15, -0.1) is 0 Å². The first-order chi connectivity index (χ1) is 12.0. The van der Waals surface area contributed by atoms with Gasteiger partial charge in [0, 0.05) is 32.8 Å². The zero-order chi connectivity index (χ0) is 18.2. The third-order valence-corrected chi connectivity index (χ3v) is 4.47. The van der Waals surface area contributed by atoms with Crippen molar-refractivity contribution in [2.24, 2.45) is 0 Å². The van der Waals surface area contributed by atoms with Crippen LogP contribution >= 0.6 is 0 Å². The summed E-state index contributed by atoms with van der Waals surface area (Å²) >= 11 is 0. The molecule has 1 aliphatic rings. The van der Waals surface area contributed by atoms with Crippen LogP contribution in [0.15, 0.2) is 18.2 Å². The van der Waals surface area contributed by atoms with Gasteiger partial charge in [-0.25, -0.2) is 0 Å². The van der Waals surface area contributed by atoms with Gasteiger partial charge in [0.15, 0.2) is 6.61 Å². The molecule has 1 aromatic carbocycles. The largest absolute Gasteiger partial charge is 0.484 e. The van der Waals surface area contributed by atoms with Crippen LogP contribution in [-0.2, 0) is 14.3 Å². The molecule has 2 rings (SSSR count). The van der Waals surface area contributed by atoms with Crippen LogP contribution in [0.4, 0.5) is 0 Å². The lowest BCUT2D eigenvalue weighted by Gasteiger charge is -2.22. The van der Waals surface area contributed by atoms with Gasteiger partial charge in [-0.2, -0.15) is 0 Å². The normalized spacial score (nSPS) is 15.0. The first kappa shape index (κ1) is 19.2. The van der Waals surface area contributed by atoms with E-state index in [9.17, 15) is 9.59 Å². The fraction of sp³-hybridized carbons (Fsp3) is 0.579. The molecule has 0 atom stereocenters. The minimum Gasteiger partial charge on any atom is -0.484 e. The van der Waals surface area contributed by atoms with Gasteiger partial charge >= 0.3 is 0 Å². The van der Waals surface area contributed by atoms with E-state index >= 15 is 0 Å². The zero-order valence-corrected chi connectivity index (χ0v) is 15.4. The number of carbonyl (C=O) groups is 2. The Bertz CT molecular complexity index is 603. The lowest BCUT2D eigenvalue weighted by molar-refractivity contribution is -0.137. The van der Waals surface area contributed by atoms with E-state index in [-0.39, 0.29) is 25.0 Å². The minimum atomic E-state index is -0.0441. The molecule has 0 spiro atoms. The maximum absolute atomic E-state index is 12.4. The summed E-state index contributed by atoms with van der Waals surface area (Å²) < 4.78 is 10.8. The maximum Gasteiger partial charge on any atom is 0.260 e. The first-order valence-corrected chi connectivity index (χ1v) is 8.84. The van der Waals surface area contributed by atoms with Crippen molar-refractivity contribution < 1.29 is 19.1 Å². The average molecular weight is 348 g/mol. The van der Waals surface area contributed by atoms with Gasteiger partial charge in [0.2, 0.25) is 5.91 Å². The number of hydrogen-bond acceptors (Lipinski definition) is 4. The molecule has 25 heavy (non-hydrogen) atoms. The van der Waals surface area contributed by atoms with Gasteiger partial charge in [-0.1, -0.05) is 6.07 Å². The molecular weight excluding hydrogens is 320 g/mol. The third-order valence-electron chi connectivity index (χ3n) is 4.47. The molecule has 0 saturated carbocycles. The Morgan fingerprint density at radius 3 is 2.20 bits per heavy atom. The molecule has 2 amide bonds. The summed E-state index contributed by atoms with van der Waals surface area (Å²) in [6.07, 6.45) is 0.771. The van der Waals surface area contributed by atoms with E-state index in [1.165, 1.54) is 5.56 Å². The highest BCUT2D eigenvalue weighted by molar-refractivity contribution is 5.79. The number of nitrogens with zero attached hydrogens (tertiary/aromatic N) is 2. The molecule has 0 unspecified atom stereocenters. The zero-order valence-electron chi connectivity index (χ0n) is 15.4. The predicted octanol–water partition coefficient (Wildman–Crippen LogP) is 1.78. The van der Waals surface area contributed by atoms with E-state index in [1.54, 1.807) is 9.80 Å². The van der Waals surface area contributed by atoms with Gasteiger partial charge < -0.3 is 19.3 Å². The van der Waals surface area contributed by atoms with Crippen molar-refractivity contribution in [1.29, 1.82) is 0 Å². The molecule has 6 heteroatoms. The summed E-state index contributed by atoms with van der Waals surface area (Å²) in [7, 11) is 0. The molecule has 6 nitrogen and oxygen atoms in total. The standard InChI is InChI=1S/C19H28N2O4/c1-4-24-13-18(22)20-8-5-9-21(11-10-20)19(23)14-25-17-7-6-15(2)16(3)12-17/h6-7,12H,4-5,8-11,13-14H2,1-3H3. The van der Waals surface area contributed by atoms with Crippen LogP contribution in [0, 0.1) is 13.8 Å². The molecule has 0 aliphatic carbocycles. The lowest BCUT2D eigenvalue weighted by atomic mass is 10.1. The highest BCUT2D eigenvalue weighted by atomic mass is 16.5. The van der Waals surface area contributed by atoms with Crippen LogP contribution in [0.2, 0.25) is 0 Å². The summed E-state index contributed by atoms with van der Waals surface area (Å²) in [6.45, 7) is 8.98. The second-order valence-corrected chi connectivity index (χ2v) is 6.29. The van der Waals surface area contributed by atoms with E-state index in [2.05, 4.69) is 0 Å². The number of rotatable bonds is 6. The van der Waals surface area contributed by atoms with E-state index in [4.69, 9.17) is 9.47 Å². The Morgan fingerprint density at radius 1 is 0.960 bits per heavy atom. The maximum atomic E-state index is 12.4. The second kappa shape index (κ2) is 9.42. The second-order valence-electron chi connectivity index (χ2n) is 6.29. The van der Waals surface area contributed by atoms with Crippen LogP contribution in [0.25, 0.3) is 0 Å². The van der Waals surface area contributed by atoms with Crippen molar-refractivity contribution in [3.05, 3.63) is 29.3 Å². The summed E-state index contributed by atoms with van der Waals surface area (Å²) in [5.74, 6) is 0.652. The number of benzene rings is 1. The van der Waals surface area contributed by atoms with Crippen LogP contribution in [0.3, 0.4) is 0 Å². The number of aryl methyl sites for hydroxylation is 2. The summed E-state index contributed by atoms with van der Waals surface area (Å²) in [6, 6.07) is 5.81. The monoisotopic (exact) mass is 348 g/mol. The SMILES string of the molecule is CCOCC(=O)N1CCCN(C(=O)COc2ccc(C)c(C)c2)CC1. The molecule has 0 N–H and O–H groups in total. The van der Waals surface area contributed by atoms with Gasteiger partial charge in [-0.3, -0.25) is 9.59 Å². The van der Waals surface area contributed by atoms with E-state index in [1.807, 2.05) is 39.0 Å². The lowest BCUT2D eigenvalue weighted by Crippen LogP contribution is -2.40. The van der Waals surface area contributed by atoms with Crippen LogP contribution in [0.1, 0.15) is 24.5 Å². The van der Waals surface area contributed by atoms with Crippen molar-refractivity contribution in [1.82, 2.24) is 9.80 Å². The Labute approximate surface area is 149 Å². The van der Waals surface area contributed by atoms with E-state index < -0.39 is 0 Å². The Hall–Kier alpha value is -2.08. The van der Waals surface area contributed by atoms with Crippen molar-refractivity contribution in [3.8, 4) is 5.75 Å². The molecule has 1 saturated heterocycles. The van der Waals surface area contributed by atoms with Crippen molar-refractivity contribution in [3.63, 3.8) is 0 Å². The average Bonchev–Trinajstić information content (AvgIpc) is 2.86. The fourth-order valence-electron chi connectivity index (χ4n) is 2.74.